The van der Waals surface area contributed by atoms with Crippen molar-refractivity contribution in [2.24, 2.45) is 17.8 Å². The van der Waals surface area contributed by atoms with Crippen LogP contribution >= 0.6 is 0 Å². The van der Waals surface area contributed by atoms with Crippen molar-refractivity contribution in [3.63, 3.8) is 0 Å². The molecule has 2 N–H and O–H groups in total. The van der Waals surface area contributed by atoms with Crippen LogP contribution in [0.2, 0.25) is 0 Å². The quantitative estimate of drug-likeness (QED) is 0.653. The monoisotopic (exact) mass is 255 g/mol. The van der Waals surface area contributed by atoms with Gasteiger partial charge in [-0.05, 0) is 43.4 Å². The summed E-state index contributed by atoms with van der Waals surface area (Å²) in [5.74, 6) is 2.93. The van der Waals surface area contributed by atoms with Gasteiger partial charge in [0.2, 0.25) is 0 Å². The molecule has 2 aliphatic carbocycles. The van der Waals surface area contributed by atoms with Gasteiger partial charge in [0.05, 0.1) is 12.7 Å². The van der Waals surface area contributed by atoms with Crippen LogP contribution in [0.15, 0.2) is 0 Å². The van der Waals surface area contributed by atoms with E-state index in [4.69, 9.17) is 4.74 Å². The Balaban J connectivity index is 1.48. The minimum absolute atomic E-state index is 0.368. The van der Waals surface area contributed by atoms with Gasteiger partial charge in [0.15, 0.2) is 0 Å². The maximum Gasteiger partial charge on any atom is 0.0897 e. The van der Waals surface area contributed by atoms with E-state index in [0.717, 1.165) is 24.4 Å². The van der Waals surface area contributed by atoms with Crippen molar-refractivity contribution in [3.8, 4) is 0 Å². The Morgan fingerprint density at radius 3 is 2.72 bits per heavy atom. The van der Waals surface area contributed by atoms with E-state index in [1.807, 2.05) is 0 Å². The summed E-state index contributed by atoms with van der Waals surface area (Å²) < 4.78 is 5.61. The lowest BCUT2D eigenvalue weighted by atomic mass is 9.87. The minimum atomic E-state index is -0.368. The van der Waals surface area contributed by atoms with E-state index in [1.54, 1.807) is 0 Å². The summed E-state index contributed by atoms with van der Waals surface area (Å²) in [4.78, 5) is 0. The highest BCUT2D eigenvalue weighted by atomic mass is 16.5. The molecule has 2 rings (SSSR count). The van der Waals surface area contributed by atoms with E-state index in [9.17, 15) is 5.11 Å². The largest absolute Gasteiger partial charge is 0.389 e. The number of ether oxygens (including phenoxy) is 1. The second-order valence-electron chi connectivity index (χ2n) is 6.52. The number of nitrogens with one attached hydrogen (secondary N) is 1. The maximum absolute atomic E-state index is 9.71. The summed E-state index contributed by atoms with van der Waals surface area (Å²) in [6.07, 6.45) is 6.67. The van der Waals surface area contributed by atoms with Gasteiger partial charge >= 0.3 is 0 Å². The Kier molecular flexibility index (Phi) is 5.46. The molecular formula is C15H29NO2. The Bertz CT molecular complexity index is 245. The first-order chi connectivity index (χ1) is 8.65. The molecule has 0 radical (unpaired) electrons. The average Bonchev–Trinajstić information content (AvgIpc) is 2.94. The Morgan fingerprint density at radius 2 is 2.11 bits per heavy atom. The highest BCUT2D eigenvalue weighted by molar-refractivity contribution is 4.89. The fourth-order valence-electron chi connectivity index (χ4n) is 3.61. The zero-order valence-electron chi connectivity index (χ0n) is 11.9. The normalized spacial score (nSPS) is 32.3. The molecule has 0 aromatic heterocycles. The standard InChI is InChI=1S/C15H29NO2/c1-11(2)16-9-15(17)10-18-6-5-14-8-12-3-4-13(14)7-12/h11-17H,3-10H2,1-2H3/t12-,13-,14-,15-/m1/s1. The fraction of sp³-hybridized carbons (Fsp3) is 1.00. The van der Waals surface area contributed by atoms with E-state index < -0.39 is 0 Å². The van der Waals surface area contributed by atoms with E-state index in [2.05, 4.69) is 19.2 Å². The number of aliphatic hydroxyl groups is 1. The van der Waals surface area contributed by atoms with Gasteiger partial charge in [-0.3, -0.25) is 0 Å². The third-order valence-electron chi connectivity index (χ3n) is 4.59. The van der Waals surface area contributed by atoms with Crippen molar-refractivity contribution in [1.82, 2.24) is 5.32 Å². The molecule has 0 amide bonds. The fourth-order valence-corrected chi connectivity index (χ4v) is 3.61. The summed E-state index contributed by atoms with van der Waals surface area (Å²) in [6, 6.07) is 0.425. The Morgan fingerprint density at radius 1 is 1.28 bits per heavy atom. The molecule has 0 saturated heterocycles. The molecule has 18 heavy (non-hydrogen) atoms. The van der Waals surface area contributed by atoms with Crippen molar-refractivity contribution in [2.45, 2.75) is 58.1 Å². The molecule has 4 atom stereocenters. The minimum Gasteiger partial charge on any atom is -0.389 e. The van der Waals surface area contributed by atoms with Gasteiger partial charge in [0, 0.05) is 19.2 Å². The van der Waals surface area contributed by atoms with Crippen molar-refractivity contribution in [1.29, 1.82) is 0 Å². The smallest absolute Gasteiger partial charge is 0.0897 e. The summed E-state index contributed by atoms with van der Waals surface area (Å²) in [5.41, 5.74) is 0. The van der Waals surface area contributed by atoms with Crippen LogP contribution in [0.5, 0.6) is 0 Å². The highest BCUT2D eigenvalue weighted by Crippen LogP contribution is 2.49. The number of hydrogen-bond acceptors (Lipinski definition) is 3. The lowest BCUT2D eigenvalue weighted by Gasteiger charge is -2.21. The van der Waals surface area contributed by atoms with Crippen LogP contribution in [-0.2, 0) is 4.74 Å². The lowest BCUT2D eigenvalue weighted by molar-refractivity contribution is 0.0283. The summed E-state index contributed by atoms with van der Waals surface area (Å²) in [7, 11) is 0. The molecule has 0 aromatic carbocycles. The lowest BCUT2D eigenvalue weighted by Crippen LogP contribution is -2.34. The Hall–Kier alpha value is -0.120. The molecule has 0 unspecified atom stereocenters. The van der Waals surface area contributed by atoms with Crippen molar-refractivity contribution in [2.75, 3.05) is 19.8 Å². The predicted octanol–water partition coefficient (Wildman–Crippen LogP) is 2.19. The van der Waals surface area contributed by atoms with Crippen LogP contribution in [0.4, 0.5) is 0 Å². The third-order valence-corrected chi connectivity index (χ3v) is 4.59. The molecule has 2 fully saturated rings. The molecule has 0 aromatic rings. The summed E-state index contributed by atoms with van der Waals surface area (Å²) in [6.45, 7) is 6.10. The third kappa shape index (κ3) is 4.22. The average molecular weight is 255 g/mol. The van der Waals surface area contributed by atoms with Crippen molar-refractivity contribution < 1.29 is 9.84 Å². The van der Waals surface area contributed by atoms with E-state index >= 15 is 0 Å². The van der Waals surface area contributed by atoms with Gasteiger partial charge in [0.1, 0.15) is 0 Å². The van der Waals surface area contributed by atoms with Crippen LogP contribution in [0.25, 0.3) is 0 Å². The van der Waals surface area contributed by atoms with Gasteiger partial charge in [-0.2, -0.15) is 0 Å². The second kappa shape index (κ2) is 6.88. The number of fused-ring (bicyclic) bond motifs is 2. The molecule has 0 spiro atoms. The SMILES string of the molecule is CC(C)NC[C@@H](O)COCC[C@@H]1C[C@@H]2CC[C@@H]1C2. The zero-order chi connectivity index (χ0) is 13.0. The Labute approximate surface area is 111 Å². The first kappa shape index (κ1) is 14.3. The molecule has 0 heterocycles. The molecule has 2 aliphatic rings. The summed E-state index contributed by atoms with van der Waals surface area (Å²) >= 11 is 0. The van der Waals surface area contributed by atoms with Gasteiger partial charge in [-0.15, -0.1) is 0 Å². The van der Waals surface area contributed by atoms with Crippen LogP contribution in [0.3, 0.4) is 0 Å². The molecule has 3 nitrogen and oxygen atoms in total. The first-order valence-corrected chi connectivity index (χ1v) is 7.64. The van der Waals surface area contributed by atoms with Gasteiger partial charge in [-0.25, -0.2) is 0 Å². The predicted molar refractivity (Wildman–Crippen MR) is 73.5 cm³/mol. The number of rotatable bonds is 8. The molecule has 3 heteroatoms. The molecular weight excluding hydrogens is 226 g/mol. The first-order valence-electron chi connectivity index (χ1n) is 7.64. The summed E-state index contributed by atoms with van der Waals surface area (Å²) in [5, 5.41) is 12.9. The van der Waals surface area contributed by atoms with E-state index in [-0.39, 0.29) is 6.10 Å². The van der Waals surface area contributed by atoms with Gasteiger partial charge < -0.3 is 15.2 Å². The maximum atomic E-state index is 9.71. The van der Waals surface area contributed by atoms with Gasteiger partial charge in [-0.1, -0.05) is 20.3 Å². The number of hydrogen-bond donors (Lipinski definition) is 2. The molecule has 2 saturated carbocycles. The topological polar surface area (TPSA) is 41.5 Å². The van der Waals surface area contributed by atoms with Crippen LogP contribution in [0.1, 0.15) is 46.0 Å². The highest BCUT2D eigenvalue weighted by Gasteiger charge is 2.38. The van der Waals surface area contributed by atoms with Crippen LogP contribution in [0, 0.1) is 17.8 Å². The van der Waals surface area contributed by atoms with Gasteiger partial charge in [0.25, 0.3) is 0 Å². The van der Waals surface area contributed by atoms with E-state index in [1.165, 1.54) is 32.1 Å². The van der Waals surface area contributed by atoms with Crippen molar-refractivity contribution >= 4 is 0 Å². The zero-order valence-corrected chi connectivity index (χ0v) is 11.9. The molecule has 106 valence electrons. The molecule has 2 bridgehead atoms. The molecule has 0 aliphatic heterocycles. The van der Waals surface area contributed by atoms with E-state index in [0.29, 0.717) is 19.2 Å². The van der Waals surface area contributed by atoms with Crippen LogP contribution in [-0.4, -0.2) is 37.0 Å². The second-order valence-corrected chi connectivity index (χ2v) is 6.52. The number of aliphatic hydroxyl groups excluding tert-OH is 1. The van der Waals surface area contributed by atoms with Crippen LogP contribution < -0.4 is 5.32 Å². The van der Waals surface area contributed by atoms with Crippen molar-refractivity contribution in [3.05, 3.63) is 0 Å².